The van der Waals surface area contributed by atoms with Gasteiger partial charge < -0.3 is 4.90 Å². The van der Waals surface area contributed by atoms with Gasteiger partial charge in [-0.2, -0.15) is 9.61 Å². The van der Waals surface area contributed by atoms with Gasteiger partial charge in [0.15, 0.2) is 5.65 Å². The first kappa shape index (κ1) is 23.7. The molecule has 0 bridgehead atoms. The summed E-state index contributed by atoms with van der Waals surface area (Å²) in [6.07, 6.45) is 0. The van der Waals surface area contributed by atoms with Gasteiger partial charge in [-0.15, -0.1) is 0 Å². The molecule has 5 aromatic rings. The third kappa shape index (κ3) is 4.50. The molecule has 1 saturated heterocycles. The minimum atomic E-state index is 0.238. The van der Waals surface area contributed by atoms with Gasteiger partial charge in [0.1, 0.15) is 5.82 Å². The molecular weight excluding hydrogens is 478 g/mol. The second-order valence-corrected chi connectivity index (χ2v) is 10.1. The van der Waals surface area contributed by atoms with Crippen LogP contribution in [-0.4, -0.2) is 45.7 Å². The molecule has 3 aromatic carbocycles. The van der Waals surface area contributed by atoms with E-state index in [1.807, 2.05) is 35.7 Å². The Morgan fingerprint density at radius 1 is 0.757 bits per heavy atom. The van der Waals surface area contributed by atoms with E-state index in [1.165, 1.54) is 11.1 Å². The van der Waals surface area contributed by atoms with Crippen LogP contribution < -0.4 is 4.90 Å². The summed E-state index contributed by atoms with van der Waals surface area (Å²) in [5, 5.41) is 5.65. The Kier molecular flexibility index (Phi) is 6.41. The van der Waals surface area contributed by atoms with Crippen molar-refractivity contribution >= 4 is 23.1 Å². The van der Waals surface area contributed by atoms with Crippen molar-refractivity contribution in [2.24, 2.45) is 0 Å². The topological polar surface area (TPSA) is 36.7 Å². The molecule has 0 N–H and O–H groups in total. The smallest absolute Gasteiger partial charge is 0.165 e. The highest BCUT2D eigenvalue weighted by atomic mass is 35.5. The number of halogens is 1. The summed E-state index contributed by atoms with van der Waals surface area (Å²) in [6.45, 7) is 7.82. The highest BCUT2D eigenvalue weighted by Crippen LogP contribution is 2.35. The summed E-state index contributed by atoms with van der Waals surface area (Å²) in [7, 11) is 0. The van der Waals surface area contributed by atoms with E-state index < -0.39 is 0 Å². The Bertz CT molecular complexity index is 1480. The van der Waals surface area contributed by atoms with Gasteiger partial charge in [-0.25, -0.2) is 4.98 Å². The van der Waals surface area contributed by atoms with Crippen molar-refractivity contribution in [3.63, 3.8) is 0 Å². The number of hydrogen-bond acceptors (Lipinski definition) is 4. The molecule has 1 aliphatic heterocycles. The number of rotatable bonds is 5. The molecule has 2 aromatic heterocycles. The molecule has 0 aliphatic carbocycles. The van der Waals surface area contributed by atoms with E-state index in [0.717, 1.165) is 60.2 Å². The lowest BCUT2D eigenvalue weighted by atomic mass is 9.96. The SMILES string of the molecule is Cc1cc(N2CCN(C(c3ccccc3)c3ccccc3)CC2)n2nc(C)c(-c3ccccc3Cl)c2n1. The third-order valence-electron chi connectivity index (χ3n) is 7.25. The molecule has 5 nitrogen and oxygen atoms in total. The van der Waals surface area contributed by atoms with Crippen LogP contribution >= 0.6 is 11.6 Å². The van der Waals surface area contributed by atoms with Crippen LogP contribution in [0.2, 0.25) is 5.02 Å². The molecule has 1 fully saturated rings. The van der Waals surface area contributed by atoms with E-state index in [2.05, 4.69) is 83.5 Å². The fraction of sp³-hybridized carbons (Fsp3) is 0.226. The van der Waals surface area contributed by atoms with E-state index in [1.54, 1.807) is 0 Å². The Labute approximate surface area is 223 Å². The quantitative estimate of drug-likeness (QED) is 0.269. The van der Waals surface area contributed by atoms with Crippen molar-refractivity contribution in [2.45, 2.75) is 19.9 Å². The average molecular weight is 508 g/mol. The van der Waals surface area contributed by atoms with Crippen LogP contribution in [0.5, 0.6) is 0 Å². The number of aromatic nitrogens is 3. The number of nitrogens with zero attached hydrogens (tertiary/aromatic N) is 5. The third-order valence-corrected chi connectivity index (χ3v) is 7.58. The van der Waals surface area contributed by atoms with Gasteiger partial charge in [0.2, 0.25) is 0 Å². The van der Waals surface area contributed by atoms with Gasteiger partial charge >= 0.3 is 0 Å². The minimum Gasteiger partial charge on any atom is -0.354 e. The Balaban J connectivity index is 1.33. The zero-order valence-electron chi connectivity index (χ0n) is 21.2. The molecular formula is C31H30ClN5. The van der Waals surface area contributed by atoms with E-state index in [-0.39, 0.29) is 6.04 Å². The lowest BCUT2D eigenvalue weighted by molar-refractivity contribution is 0.211. The van der Waals surface area contributed by atoms with Gasteiger partial charge in [0.05, 0.1) is 17.3 Å². The number of fused-ring (bicyclic) bond motifs is 1. The Morgan fingerprint density at radius 3 is 1.97 bits per heavy atom. The first-order valence-corrected chi connectivity index (χ1v) is 13.2. The number of piperazine rings is 1. The molecule has 0 amide bonds. The maximum atomic E-state index is 6.58. The summed E-state index contributed by atoms with van der Waals surface area (Å²) in [5.74, 6) is 1.08. The number of aryl methyl sites for hydroxylation is 2. The predicted octanol–water partition coefficient (Wildman–Crippen LogP) is 6.58. The van der Waals surface area contributed by atoms with Crippen molar-refractivity contribution in [3.05, 3.63) is 119 Å². The summed E-state index contributed by atoms with van der Waals surface area (Å²) >= 11 is 6.58. The summed E-state index contributed by atoms with van der Waals surface area (Å²) < 4.78 is 2.00. The van der Waals surface area contributed by atoms with Crippen LogP contribution in [0.25, 0.3) is 16.8 Å². The number of benzene rings is 3. The maximum absolute atomic E-state index is 6.58. The van der Waals surface area contributed by atoms with Gasteiger partial charge in [0, 0.05) is 48.5 Å². The normalized spacial score (nSPS) is 14.5. The lowest BCUT2D eigenvalue weighted by Crippen LogP contribution is -2.48. The van der Waals surface area contributed by atoms with Crippen LogP contribution in [0.1, 0.15) is 28.6 Å². The molecule has 0 atom stereocenters. The Hall–Kier alpha value is -3.67. The fourth-order valence-corrected chi connectivity index (χ4v) is 5.75. The molecule has 0 radical (unpaired) electrons. The molecule has 0 saturated carbocycles. The molecule has 3 heterocycles. The van der Waals surface area contributed by atoms with Gasteiger partial charge in [-0.3, -0.25) is 4.90 Å². The van der Waals surface area contributed by atoms with E-state index in [0.29, 0.717) is 5.02 Å². The minimum absolute atomic E-state index is 0.238. The van der Waals surface area contributed by atoms with Crippen LogP contribution in [0.3, 0.4) is 0 Å². The summed E-state index contributed by atoms with van der Waals surface area (Å²) in [4.78, 5) is 9.93. The standard InChI is InChI=1S/C31H30ClN5/c1-22-21-28(37-31(33-22)29(23(2)34-37)26-15-9-10-16-27(26)32)35-17-19-36(20-18-35)30(24-11-5-3-6-12-24)25-13-7-4-8-14-25/h3-16,21,30H,17-20H2,1-2H3. The fourth-order valence-electron chi connectivity index (χ4n) is 5.52. The van der Waals surface area contributed by atoms with Crippen molar-refractivity contribution in [1.29, 1.82) is 0 Å². The van der Waals surface area contributed by atoms with Crippen molar-refractivity contribution in [2.75, 3.05) is 31.1 Å². The van der Waals surface area contributed by atoms with Crippen molar-refractivity contribution < 1.29 is 0 Å². The molecule has 1 aliphatic rings. The van der Waals surface area contributed by atoms with E-state index in [9.17, 15) is 0 Å². The summed E-state index contributed by atoms with van der Waals surface area (Å²) in [5.41, 5.74) is 7.40. The zero-order chi connectivity index (χ0) is 25.4. The lowest BCUT2D eigenvalue weighted by Gasteiger charge is -2.40. The van der Waals surface area contributed by atoms with E-state index in [4.69, 9.17) is 21.7 Å². The number of hydrogen-bond donors (Lipinski definition) is 0. The van der Waals surface area contributed by atoms with Gasteiger partial charge in [-0.05, 0) is 31.0 Å². The van der Waals surface area contributed by atoms with E-state index >= 15 is 0 Å². The van der Waals surface area contributed by atoms with Gasteiger partial charge in [-0.1, -0.05) is 90.5 Å². The Morgan fingerprint density at radius 2 is 1.35 bits per heavy atom. The van der Waals surface area contributed by atoms with Gasteiger partial charge in [0.25, 0.3) is 0 Å². The highest BCUT2D eigenvalue weighted by molar-refractivity contribution is 6.33. The average Bonchev–Trinajstić information content (AvgIpc) is 3.25. The first-order valence-electron chi connectivity index (χ1n) is 12.8. The highest BCUT2D eigenvalue weighted by Gasteiger charge is 2.28. The summed E-state index contributed by atoms with van der Waals surface area (Å²) in [6, 6.07) is 32.0. The molecule has 186 valence electrons. The van der Waals surface area contributed by atoms with Crippen molar-refractivity contribution in [1.82, 2.24) is 19.5 Å². The van der Waals surface area contributed by atoms with Crippen LogP contribution in [0, 0.1) is 13.8 Å². The molecule has 6 rings (SSSR count). The largest absolute Gasteiger partial charge is 0.354 e. The monoisotopic (exact) mass is 507 g/mol. The van der Waals surface area contributed by atoms with Crippen molar-refractivity contribution in [3.8, 4) is 11.1 Å². The molecule has 0 unspecified atom stereocenters. The molecule has 6 heteroatoms. The predicted molar refractivity (Wildman–Crippen MR) is 151 cm³/mol. The van der Waals surface area contributed by atoms with Crippen LogP contribution in [0.4, 0.5) is 5.82 Å². The molecule has 0 spiro atoms. The number of anilines is 1. The second kappa shape index (κ2) is 10.0. The molecule has 37 heavy (non-hydrogen) atoms. The second-order valence-electron chi connectivity index (χ2n) is 9.68. The maximum Gasteiger partial charge on any atom is 0.165 e. The zero-order valence-corrected chi connectivity index (χ0v) is 21.9. The van der Waals surface area contributed by atoms with Crippen LogP contribution in [-0.2, 0) is 0 Å². The van der Waals surface area contributed by atoms with Crippen LogP contribution in [0.15, 0.2) is 91.0 Å². The first-order chi connectivity index (χ1) is 18.1.